The molecule has 0 saturated heterocycles. The number of unbranched alkanes of at least 4 members (excludes halogenated alkanes) is 4. The van der Waals surface area contributed by atoms with Crippen molar-refractivity contribution < 1.29 is 19.1 Å². The Balaban J connectivity index is 1.51. The van der Waals surface area contributed by atoms with Crippen LogP contribution in [-0.4, -0.2) is 11.9 Å². The van der Waals surface area contributed by atoms with Gasteiger partial charge >= 0.3 is 11.9 Å². The summed E-state index contributed by atoms with van der Waals surface area (Å²) in [5, 5.41) is 7.00. The fraction of sp³-hybridized carbons (Fsp3) is 0.412. The molecular weight excluding hydrogens is 472 g/mol. The highest BCUT2D eigenvalue weighted by Gasteiger charge is 2.32. The summed E-state index contributed by atoms with van der Waals surface area (Å²) in [6.07, 6.45) is 7.47. The SMILES string of the molecule is CCCCCC(=O)OC1CCC(OC(=O)CCCCC)c2cc3cc4cc5ccccc5cc4cc3cc21. The van der Waals surface area contributed by atoms with Gasteiger partial charge in [-0.1, -0.05) is 63.8 Å². The molecule has 0 aromatic heterocycles. The average Bonchev–Trinajstić information content (AvgIpc) is 2.91. The van der Waals surface area contributed by atoms with E-state index in [0.29, 0.717) is 25.7 Å². The molecule has 2 atom stereocenters. The summed E-state index contributed by atoms with van der Waals surface area (Å²) in [4.78, 5) is 25.3. The van der Waals surface area contributed by atoms with Gasteiger partial charge in [-0.05, 0) is 106 Å². The van der Waals surface area contributed by atoms with Crippen LogP contribution in [0.25, 0.3) is 32.3 Å². The molecule has 4 aromatic rings. The van der Waals surface area contributed by atoms with Crippen molar-refractivity contribution in [3.05, 3.63) is 71.8 Å². The number of rotatable bonds is 10. The first kappa shape index (κ1) is 26.2. The first-order valence-corrected chi connectivity index (χ1v) is 14.3. The van der Waals surface area contributed by atoms with Gasteiger partial charge in [0.15, 0.2) is 0 Å². The Morgan fingerprint density at radius 3 is 1.42 bits per heavy atom. The van der Waals surface area contributed by atoms with Gasteiger partial charge in [-0.25, -0.2) is 0 Å². The topological polar surface area (TPSA) is 52.6 Å². The Hall–Kier alpha value is -3.40. The molecule has 198 valence electrons. The number of hydrogen-bond acceptors (Lipinski definition) is 4. The van der Waals surface area contributed by atoms with Gasteiger partial charge in [0.2, 0.25) is 0 Å². The Bertz CT molecular complexity index is 1340. The predicted octanol–water partition coefficient (Wildman–Crippen LogP) is 9.27. The van der Waals surface area contributed by atoms with Gasteiger partial charge in [-0.2, -0.15) is 0 Å². The fourth-order valence-electron chi connectivity index (χ4n) is 5.67. The molecule has 5 rings (SSSR count). The zero-order valence-electron chi connectivity index (χ0n) is 22.6. The third-order valence-corrected chi connectivity index (χ3v) is 7.76. The van der Waals surface area contributed by atoms with Crippen LogP contribution in [0.4, 0.5) is 0 Å². The number of fused-ring (bicyclic) bond motifs is 4. The largest absolute Gasteiger partial charge is 0.457 e. The minimum atomic E-state index is -0.314. The lowest BCUT2D eigenvalue weighted by molar-refractivity contribution is -0.156. The molecule has 0 aliphatic heterocycles. The standard InChI is InChI=1S/C34H38O4/c1-3-5-7-13-33(35)37-31-15-16-32(38-34(36)14-8-6-4-2)30-22-28-20-26-18-24-12-10-9-11-23(24)17-25(26)19-27(28)21-29(30)31/h9-12,17-22,31-32H,3-8,13-16H2,1-2H3. The quantitative estimate of drug-likeness (QED) is 0.121. The number of benzene rings is 4. The molecule has 2 unspecified atom stereocenters. The maximum Gasteiger partial charge on any atom is 0.306 e. The van der Waals surface area contributed by atoms with Gasteiger partial charge in [0, 0.05) is 12.8 Å². The van der Waals surface area contributed by atoms with Gasteiger partial charge in [-0.15, -0.1) is 0 Å². The van der Waals surface area contributed by atoms with Crippen molar-refractivity contribution in [2.24, 2.45) is 0 Å². The van der Waals surface area contributed by atoms with Crippen molar-refractivity contribution in [1.29, 1.82) is 0 Å². The second-order valence-corrected chi connectivity index (χ2v) is 10.7. The monoisotopic (exact) mass is 510 g/mol. The second-order valence-electron chi connectivity index (χ2n) is 10.7. The van der Waals surface area contributed by atoms with E-state index in [2.05, 4.69) is 74.5 Å². The summed E-state index contributed by atoms with van der Waals surface area (Å²) in [6.45, 7) is 4.26. The molecule has 0 radical (unpaired) electrons. The summed E-state index contributed by atoms with van der Waals surface area (Å²) in [6, 6.07) is 21.6. The van der Waals surface area contributed by atoms with Gasteiger partial charge in [0.05, 0.1) is 0 Å². The highest BCUT2D eigenvalue weighted by molar-refractivity contribution is 6.05. The number of esters is 2. The lowest BCUT2D eigenvalue weighted by atomic mass is 9.84. The van der Waals surface area contributed by atoms with E-state index in [0.717, 1.165) is 60.4 Å². The van der Waals surface area contributed by atoms with Crippen LogP contribution in [-0.2, 0) is 19.1 Å². The molecule has 0 amide bonds. The minimum absolute atomic E-state index is 0.144. The van der Waals surface area contributed by atoms with E-state index in [1.807, 2.05) is 0 Å². The van der Waals surface area contributed by atoms with Crippen LogP contribution in [0.5, 0.6) is 0 Å². The number of ether oxygens (including phenoxy) is 2. The average molecular weight is 511 g/mol. The maximum absolute atomic E-state index is 12.7. The number of carbonyl (C=O) groups is 2. The second kappa shape index (κ2) is 12.0. The highest BCUT2D eigenvalue weighted by Crippen LogP contribution is 2.43. The molecule has 1 aliphatic rings. The van der Waals surface area contributed by atoms with Crippen LogP contribution < -0.4 is 0 Å². The van der Waals surface area contributed by atoms with Crippen molar-refractivity contribution >= 4 is 44.3 Å². The van der Waals surface area contributed by atoms with Crippen molar-refractivity contribution in [2.45, 2.75) is 90.3 Å². The van der Waals surface area contributed by atoms with Gasteiger partial charge in [0.1, 0.15) is 12.2 Å². The predicted molar refractivity (Wildman–Crippen MR) is 154 cm³/mol. The summed E-state index contributed by atoms with van der Waals surface area (Å²) >= 11 is 0. The van der Waals surface area contributed by atoms with Gasteiger partial charge < -0.3 is 9.47 Å². The van der Waals surface area contributed by atoms with E-state index < -0.39 is 0 Å². The molecule has 0 heterocycles. The van der Waals surface area contributed by atoms with E-state index in [1.54, 1.807) is 0 Å². The third kappa shape index (κ3) is 5.85. The molecule has 0 bridgehead atoms. The Kier molecular flexibility index (Phi) is 8.26. The van der Waals surface area contributed by atoms with Crippen molar-refractivity contribution in [3.63, 3.8) is 0 Å². The first-order chi connectivity index (χ1) is 18.6. The van der Waals surface area contributed by atoms with E-state index in [1.165, 1.54) is 21.5 Å². The first-order valence-electron chi connectivity index (χ1n) is 14.3. The van der Waals surface area contributed by atoms with Crippen LogP contribution in [0.15, 0.2) is 60.7 Å². The van der Waals surface area contributed by atoms with E-state index in [9.17, 15) is 9.59 Å². The molecule has 0 fully saturated rings. The van der Waals surface area contributed by atoms with Crippen LogP contribution >= 0.6 is 0 Å². The van der Waals surface area contributed by atoms with Crippen LogP contribution in [0.2, 0.25) is 0 Å². The fourth-order valence-corrected chi connectivity index (χ4v) is 5.67. The van der Waals surface area contributed by atoms with Crippen molar-refractivity contribution in [3.8, 4) is 0 Å². The molecule has 1 aliphatic carbocycles. The van der Waals surface area contributed by atoms with Gasteiger partial charge in [0.25, 0.3) is 0 Å². The molecular formula is C34H38O4. The lowest BCUT2D eigenvalue weighted by Gasteiger charge is -2.31. The summed E-state index contributed by atoms with van der Waals surface area (Å²) in [5.41, 5.74) is 1.94. The Labute approximate surface area is 225 Å². The van der Waals surface area contributed by atoms with E-state index in [-0.39, 0.29) is 24.1 Å². The lowest BCUT2D eigenvalue weighted by Crippen LogP contribution is -2.22. The van der Waals surface area contributed by atoms with Crippen molar-refractivity contribution in [1.82, 2.24) is 0 Å². The summed E-state index contributed by atoms with van der Waals surface area (Å²) < 4.78 is 12.0. The van der Waals surface area contributed by atoms with Crippen LogP contribution in [0, 0.1) is 0 Å². The summed E-state index contributed by atoms with van der Waals surface area (Å²) in [5.74, 6) is -0.288. The third-order valence-electron chi connectivity index (χ3n) is 7.76. The molecule has 4 nitrogen and oxygen atoms in total. The van der Waals surface area contributed by atoms with Gasteiger partial charge in [-0.3, -0.25) is 9.59 Å². The zero-order chi connectivity index (χ0) is 26.5. The van der Waals surface area contributed by atoms with Crippen LogP contribution in [0.1, 0.15) is 101 Å². The maximum atomic E-state index is 12.7. The molecule has 38 heavy (non-hydrogen) atoms. The van der Waals surface area contributed by atoms with E-state index in [4.69, 9.17) is 9.47 Å². The van der Waals surface area contributed by atoms with E-state index >= 15 is 0 Å². The molecule has 0 spiro atoms. The number of hydrogen-bond donors (Lipinski definition) is 0. The Morgan fingerprint density at radius 2 is 1.00 bits per heavy atom. The highest BCUT2D eigenvalue weighted by atomic mass is 16.6. The molecule has 4 heteroatoms. The molecule has 4 aromatic carbocycles. The molecule has 0 saturated carbocycles. The summed E-state index contributed by atoms with van der Waals surface area (Å²) in [7, 11) is 0. The zero-order valence-corrected chi connectivity index (χ0v) is 22.6. The smallest absolute Gasteiger partial charge is 0.306 e. The van der Waals surface area contributed by atoms with Crippen LogP contribution in [0.3, 0.4) is 0 Å². The minimum Gasteiger partial charge on any atom is -0.457 e. The number of carbonyl (C=O) groups excluding carboxylic acids is 2. The molecule has 0 N–H and O–H groups in total. The normalized spacial score (nSPS) is 17.0. The van der Waals surface area contributed by atoms with Crippen molar-refractivity contribution in [2.75, 3.05) is 0 Å². The Morgan fingerprint density at radius 1 is 0.605 bits per heavy atom.